The third-order valence-corrected chi connectivity index (χ3v) is 5.29. The van der Waals surface area contributed by atoms with Crippen LogP contribution in [0.2, 0.25) is 0 Å². The minimum atomic E-state index is -0.165. The third kappa shape index (κ3) is 4.27. The van der Waals surface area contributed by atoms with Gasteiger partial charge in [0.05, 0.1) is 23.0 Å². The Labute approximate surface area is 168 Å². The maximum Gasteiger partial charge on any atom is 0.258 e. The minimum absolute atomic E-state index is 0.0172. The number of amides is 1. The van der Waals surface area contributed by atoms with Crippen LogP contribution in [-0.2, 0) is 6.54 Å². The smallest absolute Gasteiger partial charge is 0.258 e. The van der Waals surface area contributed by atoms with Gasteiger partial charge in [0.15, 0.2) is 0 Å². The van der Waals surface area contributed by atoms with Crippen LogP contribution in [0.5, 0.6) is 0 Å². The monoisotopic (exact) mass is 392 g/mol. The highest BCUT2D eigenvalue weighted by Gasteiger charge is 2.23. The quantitative estimate of drug-likeness (QED) is 0.611. The highest BCUT2D eigenvalue weighted by Crippen LogP contribution is 2.15. The van der Waals surface area contributed by atoms with E-state index < -0.39 is 0 Å². The minimum Gasteiger partial charge on any atom is -0.363 e. The van der Waals surface area contributed by atoms with Crippen LogP contribution in [-0.4, -0.2) is 51.9 Å². The molecule has 0 radical (unpaired) electrons. The predicted molar refractivity (Wildman–Crippen MR) is 112 cm³/mol. The number of para-hydroxylation sites is 1. The number of nitrogens with one attached hydrogen (secondary N) is 3. The van der Waals surface area contributed by atoms with Crippen LogP contribution < -0.4 is 16.2 Å². The summed E-state index contributed by atoms with van der Waals surface area (Å²) in [4.78, 5) is 38.2. The van der Waals surface area contributed by atoms with Crippen molar-refractivity contribution in [2.45, 2.75) is 25.4 Å². The topological polar surface area (TPSA) is 103 Å². The molecule has 0 spiro atoms. The van der Waals surface area contributed by atoms with E-state index in [4.69, 9.17) is 0 Å². The van der Waals surface area contributed by atoms with Gasteiger partial charge >= 0.3 is 0 Å². The number of carbonyl (C=O) groups is 1. The number of H-pyrrole nitrogens is 1. The number of fused-ring (bicyclic) bond motifs is 1. The van der Waals surface area contributed by atoms with Crippen molar-refractivity contribution in [1.82, 2.24) is 25.2 Å². The average molecular weight is 392 g/mol. The number of rotatable bonds is 5. The molecule has 0 saturated carbocycles. The highest BCUT2D eigenvalue weighted by atomic mass is 16.2. The number of hydrogen-bond acceptors (Lipinski definition) is 6. The Balaban J connectivity index is 1.40. The number of hydrogen-bond donors (Lipinski definition) is 3. The molecule has 0 bridgehead atoms. The molecule has 0 unspecified atom stereocenters. The highest BCUT2D eigenvalue weighted by molar-refractivity contribution is 5.94. The maximum atomic E-state index is 12.7. The number of benzene rings is 1. The molecular weight excluding hydrogens is 368 g/mol. The summed E-state index contributed by atoms with van der Waals surface area (Å²) >= 11 is 0. The van der Waals surface area contributed by atoms with E-state index in [2.05, 4.69) is 25.6 Å². The molecule has 0 aliphatic carbocycles. The van der Waals surface area contributed by atoms with Crippen LogP contribution in [0.4, 0.5) is 5.82 Å². The van der Waals surface area contributed by atoms with Crippen LogP contribution in [0.15, 0.2) is 47.4 Å². The van der Waals surface area contributed by atoms with E-state index in [1.807, 2.05) is 30.1 Å². The number of piperidine rings is 1. The van der Waals surface area contributed by atoms with E-state index in [1.54, 1.807) is 24.4 Å². The van der Waals surface area contributed by atoms with Gasteiger partial charge < -0.3 is 20.5 Å². The summed E-state index contributed by atoms with van der Waals surface area (Å²) in [5.74, 6) is 1.12. The van der Waals surface area contributed by atoms with Gasteiger partial charge in [0, 0.05) is 19.3 Å². The molecule has 1 saturated heterocycles. The molecule has 29 heavy (non-hydrogen) atoms. The molecule has 1 amide bonds. The van der Waals surface area contributed by atoms with Gasteiger partial charge in [-0.1, -0.05) is 12.1 Å². The maximum absolute atomic E-state index is 12.7. The molecule has 0 atom stereocenters. The molecule has 8 heteroatoms. The fourth-order valence-electron chi connectivity index (χ4n) is 3.58. The van der Waals surface area contributed by atoms with E-state index >= 15 is 0 Å². The van der Waals surface area contributed by atoms with E-state index in [9.17, 15) is 9.59 Å². The van der Waals surface area contributed by atoms with Gasteiger partial charge in [-0.25, -0.2) is 9.97 Å². The van der Waals surface area contributed by atoms with Crippen LogP contribution in [0.3, 0.4) is 0 Å². The van der Waals surface area contributed by atoms with Crippen LogP contribution in [0.1, 0.15) is 29.0 Å². The largest absolute Gasteiger partial charge is 0.363 e. The van der Waals surface area contributed by atoms with Gasteiger partial charge in [-0.2, -0.15) is 0 Å². The standard InChI is InChI=1S/C21H24N6O2/c1-27(15-8-10-22-11-9-15)21(29)14-6-7-18(23-12-14)24-13-19-25-17-5-3-2-4-16(17)20(28)26-19/h2-7,12,15,22H,8-11,13H2,1H3,(H,23,24)(H,25,26,28). The first-order chi connectivity index (χ1) is 14.1. The van der Waals surface area contributed by atoms with Crippen molar-refractivity contribution >= 4 is 22.6 Å². The molecule has 4 rings (SSSR count). The molecule has 150 valence electrons. The Kier molecular flexibility index (Phi) is 5.53. The number of anilines is 1. The summed E-state index contributed by atoms with van der Waals surface area (Å²) in [6.07, 6.45) is 3.51. The third-order valence-electron chi connectivity index (χ3n) is 5.29. The average Bonchev–Trinajstić information content (AvgIpc) is 2.78. The van der Waals surface area contributed by atoms with Crippen LogP contribution >= 0.6 is 0 Å². The number of carbonyl (C=O) groups excluding carboxylic acids is 1. The molecule has 3 N–H and O–H groups in total. The molecule has 8 nitrogen and oxygen atoms in total. The predicted octanol–water partition coefficient (Wildman–Crippen LogP) is 1.75. The van der Waals surface area contributed by atoms with Gasteiger partial charge in [0.25, 0.3) is 11.5 Å². The Morgan fingerprint density at radius 1 is 1.21 bits per heavy atom. The fourth-order valence-corrected chi connectivity index (χ4v) is 3.58. The summed E-state index contributed by atoms with van der Waals surface area (Å²) in [6, 6.07) is 11.0. The zero-order chi connectivity index (χ0) is 20.2. The van der Waals surface area contributed by atoms with Gasteiger partial charge in [-0.15, -0.1) is 0 Å². The van der Waals surface area contributed by atoms with Crippen LogP contribution in [0.25, 0.3) is 10.9 Å². The summed E-state index contributed by atoms with van der Waals surface area (Å²) in [6.45, 7) is 2.21. The second kappa shape index (κ2) is 8.40. The second-order valence-corrected chi connectivity index (χ2v) is 7.21. The molecule has 1 aliphatic heterocycles. The van der Waals surface area contributed by atoms with Crippen molar-refractivity contribution in [2.24, 2.45) is 0 Å². The van der Waals surface area contributed by atoms with Crippen molar-refractivity contribution in [3.63, 3.8) is 0 Å². The second-order valence-electron chi connectivity index (χ2n) is 7.21. The summed E-state index contributed by atoms with van der Waals surface area (Å²) in [7, 11) is 1.85. The lowest BCUT2D eigenvalue weighted by Crippen LogP contribution is -2.43. The first-order valence-electron chi connectivity index (χ1n) is 9.77. The van der Waals surface area contributed by atoms with Crippen molar-refractivity contribution in [3.8, 4) is 0 Å². The Morgan fingerprint density at radius 2 is 2.00 bits per heavy atom. The molecule has 3 aromatic rings. The van der Waals surface area contributed by atoms with E-state index in [0.717, 1.165) is 25.9 Å². The van der Waals surface area contributed by atoms with Crippen LogP contribution in [0, 0.1) is 0 Å². The fraction of sp³-hybridized carbons (Fsp3) is 0.333. The molecule has 2 aromatic heterocycles. The Bertz CT molecular complexity index is 1060. The van der Waals surface area contributed by atoms with Crippen molar-refractivity contribution in [2.75, 3.05) is 25.5 Å². The Hall–Kier alpha value is -3.26. The van der Waals surface area contributed by atoms with E-state index in [0.29, 0.717) is 34.7 Å². The number of pyridine rings is 1. The first kappa shape index (κ1) is 19.1. The number of aromatic nitrogens is 3. The Morgan fingerprint density at radius 3 is 2.76 bits per heavy atom. The molecule has 3 heterocycles. The number of nitrogens with zero attached hydrogens (tertiary/aromatic N) is 3. The van der Waals surface area contributed by atoms with Crippen molar-refractivity contribution in [3.05, 3.63) is 64.3 Å². The molecule has 1 aliphatic rings. The molecule has 1 aromatic carbocycles. The lowest BCUT2D eigenvalue weighted by atomic mass is 10.0. The normalized spacial score (nSPS) is 14.7. The van der Waals surface area contributed by atoms with Gasteiger partial charge in [0.2, 0.25) is 0 Å². The van der Waals surface area contributed by atoms with E-state index in [1.165, 1.54) is 0 Å². The van der Waals surface area contributed by atoms with Crippen molar-refractivity contribution < 1.29 is 4.79 Å². The zero-order valence-corrected chi connectivity index (χ0v) is 16.3. The van der Waals surface area contributed by atoms with Gasteiger partial charge in [-0.05, 0) is 50.2 Å². The lowest BCUT2D eigenvalue weighted by molar-refractivity contribution is 0.0703. The summed E-state index contributed by atoms with van der Waals surface area (Å²) in [5, 5.41) is 7.01. The van der Waals surface area contributed by atoms with Crippen molar-refractivity contribution in [1.29, 1.82) is 0 Å². The van der Waals surface area contributed by atoms with E-state index in [-0.39, 0.29) is 17.5 Å². The number of aromatic amines is 1. The first-order valence-corrected chi connectivity index (χ1v) is 9.77. The SMILES string of the molecule is CN(C(=O)c1ccc(NCc2nc3ccccc3c(=O)[nH]2)nc1)C1CCNCC1. The summed E-state index contributed by atoms with van der Waals surface area (Å²) in [5.41, 5.74) is 1.05. The zero-order valence-electron chi connectivity index (χ0n) is 16.3. The van der Waals surface area contributed by atoms with Gasteiger partial charge in [0.1, 0.15) is 11.6 Å². The van der Waals surface area contributed by atoms with Gasteiger partial charge in [-0.3, -0.25) is 9.59 Å². The molecule has 1 fully saturated rings. The lowest BCUT2D eigenvalue weighted by Gasteiger charge is -2.31. The summed E-state index contributed by atoms with van der Waals surface area (Å²) < 4.78 is 0. The molecular formula is C21H24N6O2.